The predicted molar refractivity (Wildman–Crippen MR) is 72.3 cm³/mol. The van der Waals surface area contributed by atoms with Crippen molar-refractivity contribution in [2.45, 2.75) is 38.6 Å². The number of benzene rings is 1. The van der Waals surface area contributed by atoms with Crippen LogP contribution in [0.25, 0.3) is 0 Å². The molecule has 1 aliphatic carbocycles. The number of nitrogens with two attached hydrogens (primary N) is 1. The average molecular weight is 276 g/mol. The number of amides is 2. The molecule has 0 atom stereocenters. The minimum atomic E-state index is -0.573. The van der Waals surface area contributed by atoms with Crippen LogP contribution >= 0.6 is 0 Å². The van der Waals surface area contributed by atoms with Gasteiger partial charge in [-0.05, 0) is 30.5 Å². The number of anilines is 1. The van der Waals surface area contributed by atoms with Crippen molar-refractivity contribution in [1.82, 2.24) is 0 Å². The van der Waals surface area contributed by atoms with Crippen LogP contribution in [-0.4, -0.2) is 11.8 Å². The minimum Gasteiger partial charge on any atom is -0.326 e. The summed E-state index contributed by atoms with van der Waals surface area (Å²) < 4.78 is 14.1. The Hall–Kier alpha value is -1.75. The highest BCUT2D eigenvalue weighted by Crippen LogP contribution is 2.48. The molecule has 0 bridgehead atoms. The molecule has 0 radical (unpaired) electrons. The van der Waals surface area contributed by atoms with Crippen molar-refractivity contribution < 1.29 is 14.0 Å². The van der Waals surface area contributed by atoms with Crippen LogP contribution in [0.3, 0.4) is 0 Å². The molecule has 3 rings (SSSR count). The molecule has 0 aromatic heterocycles. The monoisotopic (exact) mass is 276 g/mol. The van der Waals surface area contributed by atoms with E-state index in [2.05, 4.69) is 0 Å². The molecule has 5 heteroatoms. The van der Waals surface area contributed by atoms with Crippen molar-refractivity contribution in [2.75, 3.05) is 4.90 Å². The maximum atomic E-state index is 14.1. The first kappa shape index (κ1) is 13.2. The largest absolute Gasteiger partial charge is 0.326 e. The molecular formula is C15H17FN2O2. The van der Waals surface area contributed by atoms with Gasteiger partial charge in [-0.1, -0.05) is 18.9 Å². The summed E-state index contributed by atoms with van der Waals surface area (Å²) in [7, 11) is 0. The van der Waals surface area contributed by atoms with Crippen LogP contribution in [0.1, 0.15) is 37.7 Å². The third kappa shape index (κ3) is 1.85. The van der Waals surface area contributed by atoms with Crippen molar-refractivity contribution in [1.29, 1.82) is 0 Å². The SMILES string of the molecule is NCc1ccc(N2C(=O)CC3(CCCC3)C2=O)c(F)c1. The highest BCUT2D eigenvalue weighted by molar-refractivity contribution is 6.22. The number of hydrogen-bond acceptors (Lipinski definition) is 3. The number of carbonyl (C=O) groups is 2. The zero-order chi connectivity index (χ0) is 14.3. The average Bonchev–Trinajstić information content (AvgIpc) is 2.98. The lowest BCUT2D eigenvalue weighted by molar-refractivity contribution is -0.125. The first-order valence-electron chi connectivity index (χ1n) is 6.93. The molecule has 1 aliphatic heterocycles. The van der Waals surface area contributed by atoms with Gasteiger partial charge in [0.2, 0.25) is 11.8 Å². The molecule has 2 N–H and O–H groups in total. The molecule has 1 saturated carbocycles. The standard InChI is InChI=1S/C15H17FN2O2/c16-11-7-10(9-17)3-4-12(11)18-13(19)8-15(14(18)20)5-1-2-6-15/h3-4,7H,1-2,5-6,8-9,17H2. The summed E-state index contributed by atoms with van der Waals surface area (Å²) in [6, 6.07) is 4.41. The molecule has 4 nitrogen and oxygen atoms in total. The fourth-order valence-electron chi connectivity index (χ4n) is 3.34. The Labute approximate surface area is 116 Å². The molecule has 2 fully saturated rings. The quantitative estimate of drug-likeness (QED) is 0.841. The minimum absolute atomic E-state index is 0.0565. The molecule has 1 saturated heterocycles. The molecule has 1 aromatic carbocycles. The van der Waals surface area contributed by atoms with Crippen molar-refractivity contribution in [3.63, 3.8) is 0 Å². The Morgan fingerprint density at radius 3 is 2.55 bits per heavy atom. The Morgan fingerprint density at radius 2 is 1.95 bits per heavy atom. The summed E-state index contributed by atoms with van der Waals surface area (Å²) in [5.74, 6) is -1.10. The van der Waals surface area contributed by atoms with Gasteiger partial charge in [-0.2, -0.15) is 0 Å². The van der Waals surface area contributed by atoms with Gasteiger partial charge < -0.3 is 5.73 Å². The number of hydrogen-bond donors (Lipinski definition) is 1. The Morgan fingerprint density at radius 1 is 1.25 bits per heavy atom. The third-order valence-electron chi connectivity index (χ3n) is 4.45. The molecule has 2 amide bonds. The third-order valence-corrected chi connectivity index (χ3v) is 4.45. The summed E-state index contributed by atoms with van der Waals surface area (Å²) >= 11 is 0. The topological polar surface area (TPSA) is 63.4 Å². The van der Waals surface area contributed by atoms with E-state index in [-0.39, 0.29) is 30.5 Å². The molecular weight excluding hydrogens is 259 g/mol. The molecule has 1 aromatic rings. The van der Waals surface area contributed by atoms with E-state index in [0.717, 1.165) is 30.6 Å². The maximum absolute atomic E-state index is 14.1. The summed E-state index contributed by atoms with van der Waals surface area (Å²) in [6.07, 6.45) is 3.60. The Kier molecular flexibility index (Phi) is 3.09. The van der Waals surface area contributed by atoms with Crippen LogP contribution in [0.15, 0.2) is 18.2 Å². The van der Waals surface area contributed by atoms with E-state index >= 15 is 0 Å². The molecule has 0 unspecified atom stereocenters. The lowest BCUT2D eigenvalue weighted by Gasteiger charge is -2.21. The second-order valence-corrected chi connectivity index (χ2v) is 5.69. The summed E-state index contributed by atoms with van der Waals surface area (Å²) in [6.45, 7) is 0.225. The number of nitrogens with zero attached hydrogens (tertiary/aromatic N) is 1. The number of carbonyl (C=O) groups excluding carboxylic acids is 2. The molecule has 2 aliphatic rings. The Bertz CT molecular complexity index is 579. The molecule has 106 valence electrons. The smallest absolute Gasteiger partial charge is 0.240 e. The molecule has 1 heterocycles. The number of imide groups is 1. The fraction of sp³-hybridized carbons (Fsp3) is 0.467. The van der Waals surface area contributed by atoms with Crippen molar-refractivity contribution in [2.24, 2.45) is 11.1 Å². The zero-order valence-electron chi connectivity index (χ0n) is 11.2. The zero-order valence-corrected chi connectivity index (χ0v) is 11.2. The highest BCUT2D eigenvalue weighted by atomic mass is 19.1. The van der Waals surface area contributed by atoms with Gasteiger partial charge in [0, 0.05) is 13.0 Å². The predicted octanol–water partition coefficient (Wildman–Crippen LogP) is 2.11. The summed E-state index contributed by atoms with van der Waals surface area (Å²) in [4.78, 5) is 25.8. The van der Waals surface area contributed by atoms with Gasteiger partial charge in [0.1, 0.15) is 5.82 Å². The van der Waals surface area contributed by atoms with Crippen molar-refractivity contribution in [3.05, 3.63) is 29.6 Å². The van der Waals surface area contributed by atoms with Gasteiger partial charge in [-0.15, -0.1) is 0 Å². The lowest BCUT2D eigenvalue weighted by atomic mass is 9.84. The van der Waals surface area contributed by atoms with Crippen LogP contribution in [-0.2, 0) is 16.1 Å². The highest BCUT2D eigenvalue weighted by Gasteiger charge is 2.53. The normalized spacial score (nSPS) is 21.2. The first-order chi connectivity index (χ1) is 9.57. The van der Waals surface area contributed by atoms with Crippen LogP contribution in [0, 0.1) is 11.2 Å². The van der Waals surface area contributed by atoms with E-state index in [9.17, 15) is 14.0 Å². The lowest BCUT2D eigenvalue weighted by Crippen LogP contribution is -2.35. The Balaban J connectivity index is 1.98. The van der Waals surface area contributed by atoms with E-state index in [4.69, 9.17) is 5.73 Å². The van der Waals surface area contributed by atoms with Gasteiger partial charge in [-0.25, -0.2) is 9.29 Å². The van der Waals surface area contributed by atoms with Gasteiger partial charge in [0.05, 0.1) is 11.1 Å². The van der Waals surface area contributed by atoms with E-state index < -0.39 is 11.2 Å². The molecule has 20 heavy (non-hydrogen) atoms. The van der Waals surface area contributed by atoms with Gasteiger partial charge >= 0.3 is 0 Å². The van der Waals surface area contributed by atoms with E-state index in [1.54, 1.807) is 6.07 Å². The fourth-order valence-corrected chi connectivity index (χ4v) is 3.34. The van der Waals surface area contributed by atoms with E-state index in [1.807, 2.05) is 0 Å². The van der Waals surface area contributed by atoms with Crippen LogP contribution in [0.2, 0.25) is 0 Å². The second kappa shape index (κ2) is 4.66. The van der Waals surface area contributed by atoms with Gasteiger partial charge in [-0.3, -0.25) is 9.59 Å². The van der Waals surface area contributed by atoms with E-state index in [0.29, 0.717) is 5.56 Å². The van der Waals surface area contributed by atoms with Crippen LogP contribution < -0.4 is 10.6 Å². The maximum Gasteiger partial charge on any atom is 0.240 e. The van der Waals surface area contributed by atoms with Crippen molar-refractivity contribution >= 4 is 17.5 Å². The van der Waals surface area contributed by atoms with Crippen LogP contribution in [0.5, 0.6) is 0 Å². The summed E-state index contributed by atoms with van der Waals surface area (Å²) in [5.41, 5.74) is 5.58. The molecule has 1 spiro atoms. The van der Waals surface area contributed by atoms with E-state index in [1.165, 1.54) is 12.1 Å². The van der Waals surface area contributed by atoms with Gasteiger partial charge in [0.25, 0.3) is 0 Å². The number of rotatable bonds is 2. The van der Waals surface area contributed by atoms with Crippen molar-refractivity contribution in [3.8, 4) is 0 Å². The first-order valence-corrected chi connectivity index (χ1v) is 6.93. The summed E-state index contributed by atoms with van der Waals surface area (Å²) in [5, 5.41) is 0. The van der Waals surface area contributed by atoms with Crippen LogP contribution in [0.4, 0.5) is 10.1 Å². The second-order valence-electron chi connectivity index (χ2n) is 5.69. The number of halogens is 1. The van der Waals surface area contributed by atoms with Gasteiger partial charge in [0.15, 0.2) is 0 Å².